The van der Waals surface area contributed by atoms with E-state index in [1.807, 2.05) is 25.1 Å². The SMILES string of the molecule is CCCNc1ccc(C)cc1C(=O)NC1CC(OC)C1. The van der Waals surface area contributed by atoms with Gasteiger partial charge >= 0.3 is 0 Å². The zero-order valence-corrected chi connectivity index (χ0v) is 12.5. The first-order valence-electron chi connectivity index (χ1n) is 7.32. The normalized spacial score (nSPS) is 21.1. The molecule has 1 aromatic rings. The van der Waals surface area contributed by atoms with Crippen molar-refractivity contribution in [3.05, 3.63) is 29.3 Å². The minimum atomic E-state index is 0.00635. The largest absolute Gasteiger partial charge is 0.384 e. The molecule has 1 aliphatic rings. The summed E-state index contributed by atoms with van der Waals surface area (Å²) >= 11 is 0. The van der Waals surface area contributed by atoms with Crippen LogP contribution in [0.25, 0.3) is 0 Å². The molecule has 0 saturated heterocycles. The number of amides is 1. The Hall–Kier alpha value is -1.55. The molecule has 1 amide bonds. The topological polar surface area (TPSA) is 50.4 Å². The average molecular weight is 276 g/mol. The van der Waals surface area contributed by atoms with Crippen molar-refractivity contribution in [1.29, 1.82) is 0 Å². The molecular formula is C16H24N2O2. The molecule has 2 rings (SSSR count). The first-order chi connectivity index (χ1) is 9.63. The van der Waals surface area contributed by atoms with Gasteiger partial charge in [0.15, 0.2) is 0 Å². The van der Waals surface area contributed by atoms with Gasteiger partial charge in [0, 0.05) is 25.4 Å². The van der Waals surface area contributed by atoms with Crippen LogP contribution in [0.15, 0.2) is 18.2 Å². The zero-order valence-electron chi connectivity index (χ0n) is 12.5. The van der Waals surface area contributed by atoms with Gasteiger partial charge < -0.3 is 15.4 Å². The van der Waals surface area contributed by atoms with Crippen LogP contribution in [-0.4, -0.2) is 31.7 Å². The van der Waals surface area contributed by atoms with E-state index in [0.29, 0.717) is 6.10 Å². The summed E-state index contributed by atoms with van der Waals surface area (Å²) in [5.74, 6) is 0.00635. The predicted molar refractivity (Wildman–Crippen MR) is 81.2 cm³/mol. The minimum absolute atomic E-state index is 0.00635. The van der Waals surface area contributed by atoms with Crippen molar-refractivity contribution in [1.82, 2.24) is 5.32 Å². The van der Waals surface area contributed by atoms with E-state index in [2.05, 4.69) is 17.6 Å². The summed E-state index contributed by atoms with van der Waals surface area (Å²) < 4.78 is 5.24. The van der Waals surface area contributed by atoms with Gasteiger partial charge in [-0.25, -0.2) is 0 Å². The molecule has 0 atom stereocenters. The molecule has 1 saturated carbocycles. The van der Waals surface area contributed by atoms with Crippen molar-refractivity contribution in [2.24, 2.45) is 0 Å². The number of hydrogen-bond donors (Lipinski definition) is 2. The lowest BCUT2D eigenvalue weighted by atomic mass is 9.89. The lowest BCUT2D eigenvalue weighted by molar-refractivity contribution is 0.0176. The highest BCUT2D eigenvalue weighted by Crippen LogP contribution is 2.24. The van der Waals surface area contributed by atoms with Gasteiger partial charge in [0.1, 0.15) is 0 Å². The van der Waals surface area contributed by atoms with Crippen LogP contribution in [0.5, 0.6) is 0 Å². The van der Waals surface area contributed by atoms with E-state index in [0.717, 1.165) is 42.6 Å². The fourth-order valence-electron chi connectivity index (χ4n) is 2.40. The van der Waals surface area contributed by atoms with Gasteiger partial charge in [-0.15, -0.1) is 0 Å². The Morgan fingerprint density at radius 1 is 1.40 bits per heavy atom. The number of nitrogens with one attached hydrogen (secondary N) is 2. The number of aryl methyl sites for hydroxylation is 1. The molecule has 4 heteroatoms. The molecule has 20 heavy (non-hydrogen) atoms. The van der Waals surface area contributed by atoms with Crippen LogP contribution in [0.2, 0.25) is 0 Å². The maximum absolute atomic E-state index is 12.4. The monoisotopic (exact) mass is 276 g/mol. The molecule has 0 bridgehead atoms. The van der Waals surface area contributed by atoms with E-state index >= 15 is 0 Å². The molecular weight excluding hydrogens is 252 g/mol. The van der Waals surface area contributed by atoms with Crippen LogP contribution in [0.3, 0.4) is 0 Å². The Morgan fingerprint density at radius 2 is 2.15 bits per heavy atom. The van der Waals surface area contributed by atoms with Gasteiger partial charge in [-0.2, -0.15) is 0 Å². The fraction of sp³-hybridized carbons (Fsp3) is 0.562. The van der Waals surface area contributed by atoms with E-state index in [1.165, 1.54) is 0 Å². The van der Waals surface area contributed by atoms with Crippen LogP contribution in [0.4, 0.5) is 5.69 Å². The Morgan fingerprint density at radius 3 is 2.80 bits per heavy atom. The number of benzene rings is 1. The van der Waals surface area contributed by atoms with E-state index < -0.39 is 0 Å². The molecule has 0 unspecified atom stereocenters. The van der Waals surface area contributed by atoms with E-state index in [-0.39, 0.29) is 11.9 Å². The number of methoxy groups -OCH3 is 1. The first-order valence-corrected chi connectivity index (χ1v) is 7.32. The number of carbonyl (C=O) groups is 1. The van der Waals surface area contributed by atoms with Gasteiger partial charge in [0.05, 0.1) is 11.7 Å². The maximum Gasteiger partial charge on any atom is 0.253 e. The van der Waals surface area contributed by atoms with Gasteiger partial charge in [-0.05, 0) is 38.3 Å². The molecule has 0 heterocycles. The number of anilines is 1. The average Bonchev–Trinajstić information content (AvgIpc) is 2.40. The summed E-state index contributed by atoms with van der Waals surface area (Å²) in [4.78, 5) is 12.4. The van der Waals surface area contributed by atoms with E-state index in [4.69, 9.17) is 4.74 Å². The summed E-state index contributed by atoms with van der Waals surface area (Å²) in [5.41, 5.74) is 2.75. The molecule has 1 fully saturated rings. The van der Waals surface area contributed by atoms with Gasteiger partial charge in [-0.3, -0.25) is 4.79 Å². The zero-order chi connectivity index (χ0) is 14.5. The lowest BCUT2D eigenvalue weighted by Crippen LogP contribution is -2.47. The quantitative estimate of drug-likeness (QED) is 0.840. The summed E-state index contributed by atoms with van der Waals surface area (Å²) in [6.45, 7) is 4.99. The van der Waals surface area contributed by atoms with Crippen molar-refractivity contribution in [3.63, 3.8) is 0 Å². The molecule has 2 N–H and O–H groups in total. The van der Waals surface area contributed by atoms with Crippen LogP contribution >= 0.6 is 0 Å². The number of carbonyl (C=O) groups excluding carboxylic acids is 1. The van der Waals surface area contributed by atoms with Crippen molar-refractivity contribution < 1.29 is 9.53 Å². The Bertz CT molecular complexity index is 468. The molecule has 0 aliphatic heterocycles. The van der Waals surface area contributed by atoms with E-state index in [9.17, 15) is 4.79 Å². The van der Waals surface area contributed by atoms with Crippen molar-refractivity contribution in [2.75, 3.05) is 19.0 Å². The summed E-state index contributed by atoms with van der Waals surface area (Å²) in [5, 5.41) is 6.40. The van der Waals surface area contributed by atoms with Crippen LogP contribution < -0.4 is 10.6 Å². The Labute approximate surface area is 120 Å². The highest BCUT2D eigenvalue weighted by Gasteiger charge is 2.30. The van der Waals surface area contributed by atoms with Crippen molar-refractivity contribution in [2.45, 2.75) is 45.3 Å². The molecule has 0 spiro atoms. The third-order valence-electron chi connectivity index (χ3n) is 3.75. The molecule has 4 nitrogen and oxygen atoms in total. The molecule has 110 valence electrons. The Kier molecular flexibility index (Phi) is 5.01. The van der Waals surface area contributed by atoms with Gasteiger partial charge in [-0.1, -0.05) is 18.6 Å². The fourth-order valence-corrected chi connectivity index (χ4v) is 2.40. The highest BCUT2D eigenvalue weighted by molar-refractivity contribution is 6.00. The highest BCUT2D eigenvalue weighted by atomic mass is 16.5. The minimum Gasteiger partial charge on any atom is -0.384 e. The van der Waals surface area contributed by atoms with Gasteiger partial charge in [0.2, 0.25) is 0 Å². The van der Waals surface area contributed by atoms with Crippen molar-refractivity contribution >= 4 is 11.6 Å². The third-order valence-corrected chi connectivity index (χ3v) is 3.75. The maximum atomic E-state index is 12.4. The number of rotatable bonds is 6. The Balaban J connectivity index is 2.02. The molecule has 0 aromatic heterocycles. The van der Waals surface area contributed by atoms with Gasteiger partial charge in [0.25, 0.3) is 5.91 Å². The van der Waals surface area contributed by atoms with Crippen LogP contribution in [0, 0.1) is 6.92 Å². The van der Waals surface area contributed by atoms with E-state index in [1.54, 1.807) is 7.11 Å². The second-order valence-electron chi connectivity index (χ2n) is 5.48. The van der Waals surface area contributed by atoms with Crippen LogP contribution in [0.1, 0.15) is 42.1 Å². The van der Waals surface area contributed by atoms with Crippen LogP contribution in [-0.2, 0) is 4.74 Å². The second kappa shape index (κ2) is 6.75. The number of ether oxygens (including phenoxy) is 1. The van der Waals surface area contributed by atoms with Crippen molar-refractivity contribution in [3.8, 4) is 0 Å². The number of hydrogen-bond acceptors (Lipinski definition) is 3. The summed E-state index contributed by atoms with van der Waals surface area (Å²) in [6, 6.07) is 6.20. The second-order valence-corrected chi connectivity index (χ2v) is 5.48. The third kappa shape index (κ3) is 3.51. The molecule has 1 aliphatic carbocycles. The summed E-state index contributed by atoms with van der Waals surface area (Å²) in [7, 11) is 1.72. The smallest absolute Gasteiger partial charge is 0.253 e. The first kappa shape index (κ1) is 14.9. The molecule has 0 radical (unpaired) electrons. The molecule has 1 aromatic carbocycles. The predicted octanol–water partition coefficient (Wildman–Crippen LogP) is 2.72. The standard InChI is InChI=1S/C16H24N2O2/c1-4-7-17-15-6-5-11(2)8-14(15)16(19)18-12-9-13(10-12)20-3/h5-6,8,12-13,17H,4,7,9-10H2,1-3H3,(H,18,19). The summed E-state index contributed by atoms with van der Waals surface area (Å²) in [6.07, 6.45) is 3.15. The lowest BCUT2D eigenvalue weighted by Gasteiger charge is -2.34.